The number of halogens is 5. The zero-order chi connectivity index (χ0) is 13.9. The van der Waals surface area contributed by atoms with E-state index in [1.165, 1.54) is 0 Å². The molecule has 0 aliphatic heterocycles. The highest BCUT2D eigenvalue weighted by Gasteiger charge is 2.36. The number of alkyl halides is 5. The summed E-state index contributed by atoms with van der Waals surface area (Å²) in [6, 6.07) is 2.25. The molecule has 0 spiro atoms. The van der Waals surface area contributed by atoms with Crippen LogP contribution < -0.4 is 9.47 Å². The molecule has 0 atom stereocenters. The molecule has 0 bridgehead atoms. The summed E-state index contributed by atoms with van der Waals surface area (Å²) in [5, 5.41) is 10.5. The summed E-state index contributed by atoms with van der Waals surface area (Å²) >= 11 is 0. The summed E-state index contributed by atoms with van der Waals surface area (Å²) in [6.07, 6.45) is -5.27. The van der Waals surface area contributed by atoms with Gasteiger partial charge < -0.3 is 9.47 Å². The molecular formula is C8H4F5NO4. The molecular weight excluding hydrogens is 269 g/mol. The average molecular weight is 273 g/mol. The summed E-state index contributed by atoms with van der Waals surface area (Å²) in [7, 11) is 0. The lowest BCUT2D eigenvalue weighted by Crippen LogP contribution is -2.19. The summed E-state index contributed by atoms with van der Waals surface area (Å²) in [4.78, 5) is 9.25. The molecule has 1 rings (SSSR count). The van der Waals surface area contributed by atoms with Crippen molar-refractivity contribution in [1.82, 2.24) is 0 Å². The van der Waals surface area contributed by atoms with Gasteiger partial charge in [0.25, 0.3) is 0 Å². The van der Waals surface area contributed by atoms with Crippen LogP contribution in [-0.4, -0.2) is 17.9 Å². The van der Waals surface area contributed by atoms with Crippen LogP contribution in [0.2, 0.25) is 0 Å². The van der Waals surface area contributed by atoms with Crippen LogP contribution in [0.15, 0.2) is 18.2 Å². The van der Waals surface area contributed by atoms with Crippen LogP contribution in [-0.2, 0) is 0 Å². The van der Waals surface area contributed by atoms with Gasteiger partial charge in [0.15, 0.2) is 5.75 Å². The van der Waals surface area contributed by atoms with Crippen LogP contribution in [0.5, 0.6) is 11.5 Å². The van der Waals surface area contributed by atoms with Gasteiger partial charge in [-0.25, -0.2) is 0 Å². The Morgan fingerprint density at radius 2 is 1.89 bits per heavy atom. The van der Waals surface area contributed by atoms with E-state index in [0.29, 0.717) is 12.1 Å². The Morgan fingerprint density at radius 3 is 2.33 bits per heavy atom. The van der Waals surface area contributed by atoms with Crippen molar-refractivity contribution >= 4 is 5.69 Å². The van der Waals surface area contributed by atoms with Gasteiger partial charge in [-0.1, -0.05) is 6.07 Å². The second-order valence-electron chi connectivity index (χ2n) is 2.79. The number of nitro groups is 1. The van der Waals surface area contributed by atoms with Gasteiger partial charge in [-0.05, 0) is 6.07 Å². The molecule has 18 heavy (non-hydrogen) atoms. The topological polar surface area (TPSA) is 61.6 Å². The van der Waals surface area contributed by atoms with E-state index in [9.17, 15) is 32.1 Å². The van der Waals surface area contributed by atoms with Crippen LogP contribution >= 0.6 is 0 Å². The number of benzene rings is 1. The Balaban J connectivity index is 3.25. The van der Waals surface area contributed by atoms with Crippen molar-refractivity contribution in [2.75, 3.05) is 0 Å². The molecule has 0 aliphatic rings. The van der Waals surface area contributed by atoms with Gasteiger partial charge in [-0.3, -0.25) is 10.1 Å². The second kappa shape index (κ2) is 5.02. The maximum atomic E-state index is 12.0. The third kappa shape index (κ3) is 3.71. The Hall–Kier alpha value is -2.13. The lowest BCUT2D eigenvalue weighted by molar-refractivity contribution is -0.388. The summed E-state index contributed by atoms with van der Waals surface area (Å²) in [5.41, 5.74) is -1.13. The van der Waals surface area contributed by atoms with Gasteiger partial charge >= 0.3 is 18.7 Å². The van der Waals surface area contributed by atoms with Crippen LogP contribution in [0.4, 0.5) is 27.6 Å². The molecule has 1 aromatic carbocycles. The number of ether oxygens (including phenoxy) is 2. The minimum absolute atomic E-state index is 0.666. The Kier molecular flexibility index (Phi) is 3.89. The van der Waals surface area contributed by atoms with E-state index in [0.717, 1.165) is 6.07 Å². The first kappa shape index (κ1) is 13.9. The number of nitro benzene ring substituents is 1. The molecule has 1 aromatic rings. The standard InChI is InChI=1S/C8H4F5NO4/c9-7(10)17-5-3-1-2-4(14(15)16)6(5)18-8(11,12)13/h1-3,7H. The van der Waals surface area contributed by atoms with Gasteiger partial charge in [-0.2, -0.15) is 8.78 Å². The molecule has 0 unspecified atom stereocenters. The fourth-order valence-electron chi connectivity index (χ4n) is 1.06. The van der Waals surface area contributed by atoms with Crippen molar-refractivity contribution in [1.29, 1.82) is 0 Å². The third-order valence-corrected chi connectivity index (χ3v) is 1.59. The van der Waals surface area contributed by atoms with Crippen molar-refractivity contribution in [2.24, 2.45) is 0 Å². The van der Waals surface area contributed by atoms with E-state index in [-0.39, 0.29) is 0 Å². The number of nitrogens with zero attached hydrogens (tertiary/aromatic N) is 1. The maximum Gasteiger partial charge on any atom is 0.573 e. The van der Waals surface area contributed by atoms with Gasteiger partial charge in [0.05, 0.1) is 4.92 Å². The normalized spacial score (nSPS) is 11.4. The highest BCUT2D eigenvalue weighted by Crippen LogP contribution is 2.40. The van der Waals surface area contributed by atoms with Crippen LogP contribution in [0.25, 0.3) is 0 Å². The molecule has 0 saturated carbocycles. The quantitative estimate of drug-likeness (QED) is 0.480. The average Bonchev–Trinajstić information content (AvgIpc) is 2.17. The summed E-state index contributed by atoms with van der Waals surface area (Å²) < 4.78 is 67.0. The van der Waals surface area contributed by atoms with Crippen LogP contribution in [0, 0.1) is 10.1 Å². The fourth-order valence-corrected chi connectivity index (χ4v) is 1.06. The number of rotatable bonds is 4. The molecule has 5 nitrogen and oxygen atoms in total. The Bertz CT molecular complexity index is 448. The second-order valence-corrected chi connectivity index (χ2v) is 2.79. The van der Waals surface area contributed by atoms with E-state index >= 15 is 0 Å². The maximum absolute atomic E-state index is 12.0. The van der Waals surface area contributed by atoms with Crippen molar-refractivity contribution in [3.63, 3.8) is 0 Å². The highest BCUT2D eigenvalue weighted by atomic mass is 19.4. The van der Waals surface area contributed by atoms with Crippen molar-refractivity contribution in [3.8, 4) is 11.5 Å². The molecule has 10 heteroatoms. The Morgan fingerprint density at radius 1 is 1.28 bits per heavy atom. The molecule has 100 valence electrons. The molecule has 0 fully saturated rings. The first-order valence-electron chi connectivity index (χ1n) is 4.18. The first-order valence-corrected chi connectivity index (χ1v) is 4.18. The smallest absolute Gasteiger partial charge is 0.431 e. The van der Waals surface area contributed by atoms with E-state index in [1.807, 2.05) is 0 Å². The summed E-state index contributed by atoms with van der Waals surface area (Å²) in [6.45, 7) is -3.44. The molecule has 0 aliphatic carbocycles. The number of para-hydroxylation sites is 1. The monoisotopic (exact) mass is 273 g/mol. The van der Waals surface area contributed by atoms with E-state index in [2.05, 4.69) is 9.47 Å². The SMILES string of the molecule is O=[N+]([O-])c1cccc(OC(F)F)c1OC(F)(F)F. The molecule has 0 saturated heterocycles. The minimum Gasteiger partial charge on any atom is -0.431 e. The molecule has 0 amide bonds. The zero-order valence-corrected chi connectivity index (χ0v) is 8.28. The lowest BCUT2D eigenvalue weighted by Gasteiger charge is -2.13. The predicted molar refractivity (Wildman–Crippen MR) is 46.4 cm³/mol. The fraction of sp³-hybridized carbons (Fsp3) is 0.250. The molecule has 0 N–H and O–H groups in total. The van der Waals surface area contributed by atoms with Crippen molar-refractivity contribution in [2.45, 2.75) is 13.0 Å². The van der Waals surface area contributed by atoms with Crippen LogP contribution in [0.3, 0.4) is 0 Å². The van der Waals surface area contributed by atoms with Gasteiger partial charge in [0, 0.05) is 6.07 Å². The minimum atomic E-state index is -5.27. The van der Waals surface area contributed by atoms with Gasteiger partial charge in [-0.15, -0.1) is 13.2 Å². The predicted octanol–water partition coefficient (Wildman–Crippen LogP) is 3.09. The molecule has 0 heterocycles. The summed E-state index contributed by atoms with van der Waals surface area (Å²) in [5.74, 6) is -2.49. The van der Waals surface area contributed by atoms with E-state index < -0.39 is 35.1 Å². The lowest BCUT2D eigenvalue weighted by atomic mass is 10.3. The zero-order valence-electron chi connectivity index (χ0n) is 8.28. The van der Waals surface area contributed by atoms with Gasteiger partial charge in [0.1, 0.15) is 0 Å². The van der Waals surface area contributed by atoms with Gasteiger partial charge in [0.2, 0.25) is 5.75 Å². The van der Waals surface area contributed by atoms with Crippen molar-refractivity contribution in [3.05, 3.63) is 28.3 Å². The number of hydrogen-bond donors (Lipinski definition) is 0. The highest BCUT2D eigenvalue weighted by molar-refractivity contribution is 5.55. The van der Waals surface area contributed by atoms with E-state index in [4.69, 9.17) is 0 Å². The number of hydrogen-bond acceptors (Lipinski definition) is 4. The largest absolute Gasteiger partial charge is 0.573 e. The van der Waals surface area contributed by atoms with Crippen molar-refractivity contribution < 1.29 is 36.3 Å². The first-order chi connectivity index (χ1) is 8.20. The third-order valence-electron chi connectivity index (χ3n) is 1.59. The van der Waals surface area contributed by atoms with Crippen LogP contribution in [0.1, 0.15) is 0 Å². The Labute approximate surface area is 95.9 Å². The molecule has 0 aromatic heterocycles. The van der Waals surface area contributed by atoms with E-state index in [1.54, 1.807) is 0 Å². The molecule has 0 radical (unpaired) electrons.